The number of imide groups is 1. The molecule has 2 N–H and O–H groups in total. The van der Waals surface area contributed by atoms with E-state index in [4.69, 9.17) is 4.74 Å². The molecular formula is C25H40N4O7. The second-order valence-corrected chi connectivity index (χ2v) is 11.3. The SMILES string of the molecule is CC(C)(C)OC(=O)N1CCC(C(=O)NC(=O)[C@H]2CCCN2C(=O)[C@H](CC2CCCC2)CN(O)C=O)C1. The van der Waals surface area contributed by atoms with Crippen LogP contribution in [-0.2, 0) is 23.9 Å². The Kier molecular flexibility index (Phi) is 9.32. The first-order chi connectivity index (χ1) is 17.0. The Hall–Kier alpha value is -2.69. The van der Waals surface area contributed by atoms with Gasteiger partial charge in [0.05, 0.1) is 18.4 Å². The lowest BCUT2D eigenvalue weighted by atomic mass is 9.91. The molecule has 11 heteroatoms. The summed E-state index contributed by atoms with van der Waals surface area (Å²) >= 11 is 0. The topological polar surface area (TPSA) is 137 Å². The number of likely N-dealkylation sites (tertiary alicyclic amines) is 2. The number of rotatable bonds is 8. The molecule has 5 amide bonds. The smallest absolute Gasteiger partial charge is 0.410 e. The third kappa shape index (κ3) is 7.41. The van der Waals surface area contributed by atoms with Crippen LogP contribution in [0.4, 0.5) is 4.79 Å². The lowest BCUT2D eigenvalue weighted by Crippen LogP contribution is -2.51. The molecule has 2 heterocycles. The summed E-state index contributed by atoms with van der Waals surface area (Å²) in [5.74, 6) is -2.05. The highest BCUT2D eigenvalue weighted by atomic mass is 16.6. The Morgan fingerprint density at radius 1 is 1.06 bits per heavy atom. The van der Waals surface area contributed by atoms with Crippen molar-refractivity contribution >= 4 is 30.2 Å². The van der Waals surface area contributed by atoms with Gasteiger partial charge < -0.3 is 14.5 Å². The van der Waals surface area contributed by atoms with Crippen LogP contribution >= 0.6 is 0 Å². The summed E-state index contributed by atoms with van der Waals surface area (Å²) in [6.45, 7) is 6.12. The van der Waals surface area contributed by atoms with Crippen molar-refractivity contribution < 1.29 is 33.9 Å². The fourth-order valence-electron chi connectivity index (χ4n) is 5.48. The van der Waals surface area contributed by atoms with Crippen molar-refractivity contribution in [2.24, 2.45) is 17.8 Å². The third-order valence-corrected chi connectivity index (χ3v) is 7.27. The zero-order valence-electron chi connectivity index (χ0n) is 21.6. The van der Waals surface area contributed by atoms with Crippen molar-refractivity contribution in [1.82, 2.24) is 20.2 Å². The summed E-state index contributed by atoms with van der Waals surface area (Å²) in [6.07, 6.45) is 6.06. The highest BCUT2D eigenvalue weighted by Gasteiger charge is 2.40. The number of hydrogen-bond donors (Lipinski definition) is 2. The molecule has 2 aliphatic heterocycles. The van der Waals surface area contributed by atoms with E-state index in [0.717, 1.165) is 25.7 Å². The molecule has 3 atom stereocenters. The molecule has 0 aromatic rings. The van der Waals surface area contributed by atoms with Crippen molar-refractivity contribution in [2.75, 3.05) is 26.2 Å². The Morgan fingerprint density at radius 2 is 1.75 bits per heavy atom. The number of hydrogen-bond acceptors (Lipinski definition) is 7. The molecule has 11 nitrogen and oxygen atoms in total. The fourth-order valence-corrected chi connectivity index (χ4v) is 5.48. The molecule has 0 aromatic carbocycles. The maximum atomic E-state index is 13.4. The maximum absolute atomic E-state index is 13.4. The zero-order valence-corrected chi connectivity index (χ0v) is 21.6. The van der Waals surface area contributed by atoms with Crippen molar-refractivity contribution in [1.29, 1.82) is 0 Å². The summed E-state index contributed by atoms with van der Waals surface area (Å²) in [7, 11) is 0. The normalized spacial score (nSPS) is 23.4. The van der Waals surface area contributed by atoms with Crippen molar-refractivity contribution in [3.8, 4) is 0 Å². The Bertz CT molecular complexity index is 837. The number of nitrogens with one attached hydrogen (secondary N) is 1. The fraction of sp³-hybridized carbons (Fsp3) is 0.800. The average Bonchev–Trinajstić information content (AvgIpc) is 3.58. The summed E-state index contributed by atoms with van der Waals surface area (Å²) in [4.78, 5) is 65.5. The van der Waals surface area contributed by atoms with E-state index in [-0.39, 0.29) is 25.4 Å². The van der Waals surface area contributed by atoms with Crippen LogP contribution in [0.15, 0.2) is 0 Å². The lowest BCUT2D eigenvalue weighted by molar-refractivity contribution is -0.158. The van der Waals surface area contributed by atoms with E-state index in [0.29, 0.717) is 49.8 Å². The summed E-state index contributed by atoms with van der Waals surface area (Å²) in [6, 6.07) is -0.778. The van der Waals surface area contributed by atoms with Gasteiger partial charge in [-0.05, 0) is 52.4 Å². The van der Waals surface area contributed by atoms with E-state index >= 15 is 0 Å². The van der Waals surface area contributed by atoms with Crippen molar-refractivity contribution in [3.63, 3.8) is 0 Å². The van der Waals surface area contributed by atoms with Gasteiger partial charge in [0.2, 0.25) is 24.1 Å². The van der Waals surface area contributed by atoms with E-state index in [1.54, 1.807) is 20.8 Å². The van der Waals surface area contributed by atoms with E-state index < -0.39 is 41.4 Å². The minimum absolute atomic E-state index is 0.120. The van der Waals surface area contributed by atoms with Gasteiger partial charge in [-0.2, -0.15) is 0 Å². The van der Waals surface area contributed by atoms with E-state index in [2.05, 4.69) is 5.32 Å². The van der Waals surface area contributed by atoms with Gasteiger partial charge in [0.1, 0.15) is 11.6 Å². The summed E-state index contributed by atoms with van der Waals surface area (Å²) in [5.41, 5.74) is -0.639. The van der Waals surface area contributed by atoms with Crippen LogP contribution in [0.1, 0.15) is 72.1 Å². The summed E-state index contributed by atoms with van der Waals surface area (Å²) < 4.78 is 5.36. The van der Waals surface area contributed by atoms with Crippen molar-refractivity contribution in [2.45, 2.75) is 83.8 Å². The molecule has 0 spiro atoms. The lowest BCUT2D eigenvalue weighted by Gasteiger charge is -2.30. The molecule has 0 radical (unpaired) electrons. The molecule has 0 bridgehead atoms. The molecule has 2 saturated heterocycles. The first-order valence-electron chi connectivity index (χ1n) is 13.0. The van der Waals surface area contributed by atoms with Gasteiger partial charge in [0, 0.05) is 19.6 Å². The molecule has 3 aliphatic rings. The number of amides is 5. The number of nitrogens with zero attached hydrogens (tertiary/aromatic N) is 3. The van der Waals surface area contributed by atoms with Gasteiger partial charge in [0.15, 0.2) is 0 Å². The maximum Gasteiger partial charge on any atom is 0.410 e. The van der Waals surface area contributed by atoms with Crippen LogP contribution in [0, 0.1) is 17.8 Å². The van der Waals surface area contributed by atoms with Gasteiger partial charge >= 0.3 is 6.09 Å². The number of ether oxygens (including phenoxy) is 1. The van der Waals surface area contributed by atoms with Gasteiger partial charge in [-0.25, -0.2) is 9.86 Å². The molecular weight excluding hydrogens is 468 g/mol. The monoisotopic (exact) mass is 508 g/mol. The van der Waals surface area contributed by atoms with Crippen LogP contribution in [-0.4, -0.2) is 88.1 Å². The second kappa shape index (κ2) is 12.0. The molecule has 1 saturated carbocycles. The number of carbonyl (C=O) groups is 5. The molecule has 36 heavy (non-hydrogen) atoms. The average molecular weight is 509 g/mol. The van der Waals surface area contributed by atoms with E-state index in [1.807, 2.05) is 0 Å². The highest BCUT2D eigenvalue weighted by molar-refractivity contribution is 6.00. The van der Waals surface area contributed by atoms with Crippen LogP contribution in [0.5, 0.6) is 0 Å². The molecule has 1 aliphatic carbocycles. The molecule has 202 valence electrons. The van der Waals surface area contributed by atoms with Crippen LogP contribution in [0.25, 0.3) is 0 Å². The predicted molar refractivity (Wildman–Crippen MR) is 128 cm³/mol. The minimum atomic E-state index is -0.778. The van der Waals surface area contributed by atoms with Gasteiger partial charge in [-0.1, -0.05) is 25.7 Å². The Morgan fingerprint density at radius 3 is 2.39 bits per heavy atom. The minimum Gasteiger partial charge on any atom is -0.444 e. The molecule has 3 fully saturated rings. The predicted octanol–water partition coefficient (Wildman–Crippen LogP) is 1.92. The highest BCUT2D eigenvalue weighted by Crippen LogP contribution is 2.32. The number of carbonyl (C=O) groups excluding carboxylic acids is 5. The van der Waals surface area contributed by atoms with E-state index in [9.17, 15) is 29.2 Å². The number of hydroxylamine groups is 2. The van der Waals surface area contributed by atoms with Crippen molar-refractivity contribution in [3.05, 3.63) is 0 Å². The third-order valence-electron chi connectivity index (χ3n) is 7.27. The quantitative estimate of drug-likeness (QED) is 0.221. The summed E-state index contributed by atoms with van der Waals surface area (Å²) in [5, 5.41) is 12.7. The Labute approximate surface area is 212 Å². The van der Waals surface area contributed by atoms with Crippen LogP contribution < -0.4 is 5.32 Å². The molecule has 1 unspecified atom stereocenters. The first kappa shape index (κ1) is 27.9. The van der Waals surface area contributed by atoms with Crippen LogP contribution in [0.3, 0.4) is 0 Å². The van der Waals surface area contributed by atoms with Gasteiger partial charge in [-0.15, -0.1) is 0 Å². The second-order valence-electron chi connectivity index (χ2n) is 11.3. The van der Waals surface area contributed by atoms with Crippen LogP contribution in [0.2, 0.25) is 0 Å². The zero-order chi connectivity index (χ0) is 26.5. The van der Waals surface area contributed by atoms with Gasteiger partial charge in [0.25, 0.3) is 0 Å². The first-order valence-corrected chi connectivity index (χ1v) is 13.0. The largest absolute Gasteiger partial charge is 0.444 e. The molecule has 0 aromatic heterocycles. The molecule has 3 rings (SSSR count). The van der Waals surface area contributed by atoms with E-state index in [1.165, 1.54) is 9.80 Å². The Balaban J connectivity index is 1.58. The van der Waals surface area contributed by atoms with Gasteiger partial charge in [-0.3, -0.25) is 29.7 Å². The standard InChI is InChI=1S/C25H40N4O7/c1-25(2,3)36-24(34)27-12-10-18(14-27)21(31)26-22(32)20-9-6-11-29(20)23(33)19(15-28(35)16-30)13-17-7-4-5-8-17/h16-20,35H,4-15H2,1-3H3,(H,26,31,32)/t18?,19-,20-/m1/s1.